The molecule has 0 N–H and O–H groups in total. The minimum Gasteiger partial charge on any atom is -0.454 e. The summed E-state index contributed by atoms with van der Waals surface area (Å²) in [6, 6.07) is 16.1. The zero-order valence-corrected chi connectivity index (χ0v) is 15.6. The molecule has 0 bridgehead atoms. The van der Waals surface area contributed by atoms with Gasteiger partial charge in [0.05, 0.1) is 11.4 Å². The van der Waals surface area contributed by atoms with E-state index in [2.05, 4.69) is 57.5 Å². The van der Waals surface area contributed by atoms with Crippen LogP contribution in [0.15, 0.2) is 58.0 Å². The van der Waals surface area contributed by atoms with Gasteiger partial charge in [0.1, 0.15) is 0 Å². The molecule has 1 aromatic heterocycles. The molecule has 1 aliphatic heterocycles. The lowest BCUT2D eigenvalue weighted by molar-refractivity contribution is 0.174. The molecule has 1 aliphatic rings. The summed E-state index contributed by atoms with van der Waals surface area (Å²) in [5.41, 5.74) is 5.37. The van der Waals surface area contributed by atoms with Crippen molar-refractivity contribution in [1.29, 1.82) is 0 Å². The third kappa shape index (κ3) is 2.96. The van der Waals surface area contributed by atoms with Gasteiger partial charge in [0.2, 0.25) is 6.79 Å². The summed E-state index contributed by atoms with van der Waals surface area (Å²) in [6.45, 7) is 4.48. The van der Waals surface area contributed by atoms with Crippen LogP contribution < -0.4 is 9.47 Å². The lowest BCUT2D eigenvalue weighted by atomic mass is 10.2. The van der Waals surface area contributed by atoms with E-state index < -0.39 is 0 Å². The highest BCUT2D eigenvalue weighted by molar-refractivity contribution is 9.10. The topological polar surface area (TPSA) is 35.8 Å². The molecule has 0 aliphatic carbocycles. The van der Waals surface area contributed by atoms with E-state index >= 15 is 0 Å². The van der Waals surface area contributed by atoms with Gasteiger partial charge in [-0.3, -0.25) is 4.99 Å². The molecular formula is C20H17BrN2O2. The van der Waals surface area contributed by atoms with Crippen molar-refractivity contribution in [1.82, 2.24) is 4.57 Å². The Morgan fingerprint density at radius 3 is 2.68 bits per heavy atom. The zero-order valence-electron chi connectivity index (χ0n) is 14.0. The molecule has 0 amide bonds. The van der Waals surface area contributed by atoms with Gasteiger partial charge in [0.25, 0.3) is 0 Å². The number of fused-ring (bicyclic) bond motifs is 1. The molecule has 3 aromatic rings. The fourth-order valence-electron chi connectivity index (χ4n) is 3.03. The first-order chi connectivity index (χ1) is 12.1. The highest BCUT2D eigenvalue weighted by Crippen LogP contribution is 2.35. The predicted molar refractivity (Wildman–Crippen MR) is 103 cm³/mol. The van der Waals surface area contributed by atoms with Crippen molar-refractivity contribution >= 4 is 27.8 Å². The van der Waals surface area contributed by atoms with Crippen molar-refractivity contribution in [3.63, 3.8) is 0 Å². The van der Waals surface area contributed by atoms with Crippen molar-refractivity contribution < 1.29 is 9.47 Å². The summed E-state index contributed by atoms with van der Waals surface area (Å²) in [4.78, 5) is 4.60. The average Bonchev–Trinajstić information content (AvgIpc) is 3.18. The number of rotatable bonds is 3. The maximum absolute atomic E-state index is 5.40. The average molecular weight is 397 g/mol. The van der Waals surface area contributed by atoms with Crippen LogP contribution in [0.25, 0.3) is 5.69 Å². The molecule has 25 heavy (non-hydrogen) atoms. The Labute approximate surface area is 154 Å². The first kappa shape index (κ1) is 16.0. The summed E-state index contributed by atoms with van der Waals surface area (Å²) < 4.78 is 14.0. The number of aromatic nitrogens is 1. The minimum atomic E-state index is 0.273. The number of benzene rings is 2. The third-order valence-corrected chi connectivity index (χ3v) is 4.94. The summed E-state index contributed by atoms with van der Waals surface area (Å²) in [6.07, 6.45) is 1.90. The quantitative estimate of drug-likeness (QED) is 0.560. The second-order valence-electron chi connectivity index (χ2n) is 5.91. The summed E-state index contributed by atoms with van der Waals surface area (Å²) in [5, 5.41) is 0. The van der Waals surface area contributed by atoms with E-state index in [4.69, 9.17) is 9.47 Å². The van der Waals surface area contributed by atoms with E-state index in [1.54, 1.807) is 0 Å². The van der Waals surface area contributed by atoms with E-state index in [9.17, 15) is 0 Å². The number of hydrogen-bond acceptors (Lipinski definition) is 3. The first-order valence-corrected chi connectivity index (χ1v) is 8.80. The van der Waals surface area contributed by atoms with Crippen LogP contribution in [-0.4, -0.2) is 17.6 Å². The molecule has 0 atom stereocenters. The Hall–Kier alpha value is -2.53. The number of ether oxygens (including phenoxy) is 2. The summed E-state index contributed by atoms with van der Waals surface area (Å²) >= 11 is 3.63. The Balaban J connectivity index is 1.68. The molecule has 0 radical (unpaired) electrons. The van der Waals surface area contributed by atoms with Crippen LogP contribution in [0.5, 0.6) is 11.5 Å². The van der Waals surface area contributed by atoms with E-state index in [0.717, 1.165) is 44.3 Å². The molecular weight excluding hydrogens is 380 g/mol. The Kier molecular flexibility index (Phi) is 4.09. The Morgan fingerprint density at radius 2 is 1.84 bits per heavy atom. The number of halogens is 1. The van der Waals surface area contributed by atoms with Gasteiger partial charge in [-0.1, -0.05) is 12.1 Å². The molecule has 126 valence electrons. The van der Waals surface area contributed by atoms with Crippen LogP contribution in [0.3, 0.4) is 0 Å². The SMILES string of the molecule is Cc1cc(C=Nc2ccc3c(c2)OCO3)c(C)n1-c1ccccc1Br. The van der Waals surface area contributed by atoms with Gasteiger partial charge in [0, 0.05) is 33.7 Å². The third-order valence-electron chi connectivity index (χ3n) is 4.27. The minimum absolute atomic E-state index is 0.273. The smallest absolute Gasteiger partial charge is 0.231 e. The standard InChI is InChI=1S/C20H17BrN2O2/c1-13-9-15(14(2)23(13)18-6-4-3-5-17(18)21)11-22-16-7-8-19-20(10-16)25-12-24-19/h3-11H,12H2,1-2H3. The Bertz CT molecular complexity index is 976. The molecule has 0 fully saturated rings. The fraction of sp³-hybridized carbons (Fsp3) is 0.150. The van der Waals surface area contributed by atoms with Gasteiger partial charge in [-0.15, -0.1) is 0 Å². The van der Waals surface area contributed by atoms with Crippen molar-refractivity contribution in [3.05, 3.63) is 70.0 Å². The Morgan fingerprint density at radius 1 is 1.04 bits per heavy atom. The van der Waals surface area contributed by atoms with Crippen LogP contribution in [0, 0.1) is 13.8 Å². The molecule has 4 rings (SSSR count). The van der Waals surface area contributed by atoms with Crippen LogP contribution >= 0.6 is 15.9 Å². The number of para-hydroxylation sites is 1. The number of aliphatic imine (C=N–C) groups is 1. The van der Waals surface area contributed by atoms with Crippen molar-refractivity contribution in [2.75, 3.05) is 6.79 Å². The number of hydrogen-bond donors (Lipinski definition) is 0. The summed E-state index contributed by atoms with van der Waals surface area (Å²) in [5.74, 6) is 1.51. The van der Waals surface area contributed by atoms with Gasteiger partial charge in [-0.25, -0.2) is 0 Å². The highest BCUT2D eigenvalue weighted by Gasteiger charge is 2.14. The molecule has 2 aromatic carbocycles. The van der Waals surface area contributed by atoms with Gasteiger partial charge in [0.15, 0.2) is 11.5 Å². The van der Waals surface area contributed by atoms with E-state index in [1.807, 2.05) is 36.5 Å². The number of aryl methyl sites for hydroxylation is 1. The molecule has 0 saturated carbocycles. The molecule has 0 spiro atoms. The molecule has 0 unspecified atom stereocenters. The summed E-state index contributed by atoms with van der Waals surface area (Å²) in [7, 11) is 0. The first-order valence-electron chi connectivity index (χ1n) is 8.01. The highest BCUT2D eigenvalue weighted by atomic mass is 79.9. The predicted octanol–water partition coefficient (Wildman–Crippen LogP) is 5.34. The maximum Gasteiger partial charge on any atom is 0.231 e. The van der Waals surface area contributed by atoms with Crippen LogP contribution in [0.2, 0.25) is 0 Å². The second-order valence-corrected chi connectivity index (χ2v) is 6.76. The van der Waals surface area contributed by atoms with E-state index in [-0.39, 0.29) is 6.79 Å². The normalized spacial score (nSPS) is 12.9. The molecule has 5 heteroatoms. The van der Waals surface area contributed by atoms with E-state index in [1.165, 1.54) is 0 Å². The van der Waals surface area contributed by atoms with Gasteiger partial charge >= 0.3 is 0 Å². The monoisotopic (exact) mass is 396 g/mol. The zero-order chi connectivity index (χ0) is 17.4. The van der Waals surface area contributed by atoms with Gasteiger partial charge in [-0.2, -0.15) is 0 Å². The van der Waals surface area contributed by atoms with Gasteiger partial charge < -0.3 is 14.0 Å². The van der Waals surface area contributed by atoms with Crippen LogP contribution in [0.4, 0.5) is 5.69 Å². The van der Waals surface area contributed by atoms with E-state index in [0.29, 0.717) is 0 Å². The second kappa shape index (κ2) is 6.41. The van der Waals surface area contributed by atoms with Crippen LogP contribution in [-0.2, 0) is 0 Å². The molecule has 2 heterocycles. The largest absolute Gasteiger partial charge is 0.454 e. The van der Waals surface area contributed by atoms with Crippen LogP contribution in [0.1, 0.15) is 17.0 Å². The van der Waals surface area contributed by atoms with Crippen molar-refractivity contribution in [2.45, 2.75) is 13.8 Å². The van der Waals surface area contributed by atoms with Crippen molar-refractivity contribution in [3.8, 4) is 17.2 Å². The lowest BCUT2D eigenvalue weighted by Crippen LogP contribution is -2.00. The van der Waals surface area contributed by atoms with Gasteiger partial charge in [-0.05, 0) is 60.1 Å². The maximum atomic E-state index is 5.40. The lowest BCUT2D eigenvalue weighted by Gasteiger charge is -2.11. The van der Waals surface area contributed by atoms with Crippen molar-refractivity contribution in [2.24, 2.45) is 4.99 Å². The molecule has 0 saturated heterocycles. The molecule has 4 nitrogen and oxygen atoms in total. The number of nitrogens with zero attached hydrogens (tertiary/aromatic N) is 2. The fourth-order valence-corrected chi connectivity index (χ4v) is 3.49.